The fourth-order valence-electron chi connectivity index (χ4n) is 2.06. The van der Waals surface area contributed by atoms with Gasteiger partial charge in [-0.25, -0.2) is 9.07 Å². The molecule has 2 rings (SSSR count). The summed E-state index contributed by atoms with van der Waals surface area (Å²) in [6.45, 7) is 1.54. The van der Waals surface area contributed by atoms with Gasteiger partial charge in [0.05, 0.1) is 4.92 Å². The van der Waals surface area contributed by atoms with Gasteiger partial charge >= 0.3 is 5.69 Å². The van der Waals surface area contributed by atoms with Crippen LogP contribution < -0.4 is 10.1 Å². The summed E-state index contributed by atoms with van der Waals surface area (Å²) in [5.74, 6) is 0.264. The Morgan fingerprint density at radius 1 is 1.48 bits per heavy atom. The molecule has 23 heavy (non-hydrogen) atoms. The van der Waals surface area contributed by atoms with Crippen LogP contribution in [0.1, 0.15) is 5.69 Å². The second-order valence-corrected chi connectivity index (χ2v) is 4.96. The molecule has 1 heterocycles. The third-order valence-corrected chi connectivity index (χ3v) is 3.13. The first-order chi connectivity index (χ1) is 10.9. The van der Waals surface area contributed by atoms with E-state index in [0.717, 1.165) is 0 Å². The average Bonchev–Trinajstić information content (AvgIpc) is 2.78. The summed E-state index contributed by atoms with van der Waals surface area (Å²) in [6, 6.07) is 5.40. The third kappa shape index (κ3) is 4.16. The summed E-state index contributed by atoms with van der Waals surface area (Å²) in [7, 11) is 1.57. The Balaban J connectivity index is 1.91. The molecule has 1 atom stereocenters. The number of anilines is 1. The monoisotopic (exact) mass is 324 g/mol. The molecule has 0 unspecified atom stereocenters. The van der Waals surface area contributed by atoms with Crippen LogP contribution in [0.2, 0.25) is 0 Å². The molecule has 0 spiro atoms. The molecule has 2 aromatic rings. The average molecular weight is 324 g/mol. The van der Waals surface area contributed by atoms with Gasteiger partial charge in [0.2, 0.25) is 5.82 Å². The van der Waals surface area contributed by atoms with Crippen molar-refractivity contribution >= 4 is 11.5 Å². The molecule has 0 aliphatic rings. The molecule has 0 amide bonds. The van der Waals surface area contributed by atoms with E-state index in [2.05, 4.69) is 10.4 Å². The number of halogens is 1. The van der Waals surface area contributed by atoms with Crippen LogP contribution >= 0.6 is 0 Å². The highest BCUT2D eigenvalue weighted by molar-refractivity contribution is 5.59. The van der Waals surface area contributed by atoms with Gasteiger partial charge in [0, 0.05) is 13.6 Å². The molecular weight excluding hydrogens is 307 g/mol. The minimum Gasteiger partial charge on any atom is -0.491 e. The molecule has 8 nitrogen and oxygen atoms in total. The quantitative estimate of drug-likeness (QED) is 0.593. The highest BCUT2D eigenvalue weighted by Crippen LogP contribution is 2.27. The van der Waals surface area contributed by atoms with Gasteiger partial charge in [-0.05, 0) is 31.2 Å². The molecule has 9 heteroatoms. The van der Waals surface area contributed by atoms with Crippen molar-refractivity contribution in [1.82, 2.24) is 9.78 Å². The smallest absolute Gasteiger partial charge is 0.333 e. The van der Waals surface area contributed by atoms with Crippen molar-refractivity contribution in [3.8, 4) is 5.75 Å². The van der Waals surface area contributed by atoms with E-state index < -0.39 is 11.0 Å². The van der Waals surface area contributed by atoms with Crippen LogP contribution in [0.25, 0.3) is 0 Å². The van der Waals surface area contributed by atoms with Crippen molar-refractivity contribution in [2.75, 3.05) is 18.5 Å². The fourth-order valence-corrected chi connectivity index (χ4v) is 2.06. The summed E-state index contributed by atoms with van der Waals surface area (Å²) in [5.41, 5.74) is 0.163. The van der Waals surface area contributed by atoms with Crippen molar-refractivity contribution in [3.63, 3.8) is 0 Å². The number of hydrogen-bond donors (Lipinski definition) is 2. The second kappa shape index (κ2) is 7.05. The summed E-state index contributed by atoms with van der Waals surface area (Å²) in [5, 5.41) is 27.7. The van der Waals surface area contributed by atoms with E-state index in [1.54, 1.807) is 7.05 Å². The van der Waals surface area contributed by atoms with Crippen molar-refractivity contribution in [2.24, 2.45) is 7.05 Å². The maximum atomic E-state index is 12.8. The minimum absolute atomic E-state index is 0.0384. The Labute approximate surface area is 131 Å². The first-order valence-corrected chi connectivity index (χ1v) is 6.86. The van der Waals surface area contributed by atoms with E-state index in [-0.39, 0.29) is 36.2 Å². The van der Waals surface area contributed by atoms with Crippen molar-refractivity contribution < 1.29 is 19.2 Å². The standard InChI is InChI=1S/C14H17FN4O4/c1-9-13(19(21)22)14(18(2)17-9)16-7-11(20)8-23-12-5-3-10(15)4-6-12/h3-6,11,16,20H,7-8H2,1-2H3/t11-/m1/s1. The highest BCUT2D eigenvalue weighted by atomic mass is 19.1. The predicted molar refractivity (Wildman–Crippen MR) is 81.0 cm³/mol. The first-order valence-electron chi connectivity index (χ1n) is 6.86. The molecule has 2 N–H and O–H groups in total. The van der Waals surface area contributed by atoms with Crippen molar-refractivity contribution in [2.45, 2.75) is 13.0 Å². The lowest BCUT2D eigenvalue weighted by atomic mass is 10.3. The molecule has 124 valence electrons. The number of rotatable bonds is 7. The number of nitrogens with one attached hydrogen (secondary N) is 1. The van der Waals surface area contributed by atoms with Gasteiger partial charge in [-0.15, -0.1) is 0 Å². The van der Waals surface area contributed by atoms with Gasteiger partial charge in [-0.3, -0.25) is 10.1 Å². The number of aliphatic hydroxyl groups excluding tert-OH is 1. The molecule has 0 radical (unpaired) electrons. The molecule has 0 aliphatic carbocycles. The van der Waals surface area contributed by atoms with Crippen molar-refractivity contribution in [3.05, 3.63) is 45.9 Å². The van der Waals surface area contributed by atoms with Crippen LogP contribution in [-0.2, 0) is 7.05 Å². The fraction of sp³-hybridized carbons (Fsp3) is 0.357. The molecule has 1 aromatic heterocycles. The zero-order valence-electron chi connectivity index (χ0n) is 12.7. The Morgan fingerprint density at radius 3 is 2.74 bits per heavy atom. The lowest BCUT2D eigenvalue weighted by Crippen LogP contribution is -2.27. The van der Waals surface area contributed by atoms with Crippen LogP contribution in [0.3, 0.4) is 0 Å². The number of aryl methyl sites for hydroxylation is 2. The maximum absolute atomic E-state index is 12.8. The predicted octanol–water partition coefficient (Wildman–Crippen LogP) is 1.63. The van der Waals surface area contributed by atoms with Crippen LogP contribution in [0, 0.1) is 22.9 Å². The lowest BCUT2D eigenvalue weighted by Gasteiger charge is -2.13. The van der Waals surface area contributed by atoms with Gasteiger partial charge in [0.15, 0.2) is 0 Å². The molecule has 0 saturated carbocycles. The highest BCUT2D eigenvalue weighted by Gasteiger charge is 2.24. The topological polar surface area (TPSA) is 102 Å². The zero-order chi connectivity index (χ0) is 17.0. The Hall–Kier alpha value is -2.68. The van der Waals surface area contributed by atoms with E-state index in [9.17, 15) is 19.6 Å². The second-order valence-electron chi connectivity index (χ2n) is 4.96. The Bertz CT molecular complexity index is 687. The van der Waals surface area contributed by atoms with Crippen LogP contribution in [0.15, 0.2) is 24.3 Å². The number of nitrogens with zero attached hydrogens (tertiary/aromatic N) is 3. The van der Waals surface area contributed by atoms with Gasteiger partial charge in [-0.1, -0.05) is 0 Å². The first kappa shape index (κ1) is 16.7. The minimum atomic E-state index is -0.908. The van der Waals surface area contributed by atoms with Crippen LogP contribution in [0.5, 0.6) is 5.75 Å². The number of benzene rings is 1. The zero-order valence-corrected chi connectivity index (χ0v) is 12.7. The molecule has 0 aliphatic heterocycles. The van der Waals surface area contributed by atoms with Crippen molar-refractivity contribution in [1.29, 1.82) is 0 Å². The third-order valence-electron chi connectivity index (χ3n) is 3.13. The summed E-state index contributed by atoms with van der Waals surface area (Å²) < 4.78 is 19.4. The molecule has 0 fully saturated rings. The number of aromatic nitrogens is 2. The van der Waals surface area contributed by atoms with Crippen LogP contribution in [0.4, 0.5) is 15.9 Å². The van der Waals surface area contributed by atoms with Gasteiger partial charge in [0.1, 0.15) is 30.0 Å². The maximum Gasteiger partial charge on any atom is 0.333 e. The molecule has 0 saturated heterocycles. The SMILES string of the molecule is Cc1nn(C)c(NC[C@@H](O)COc2ccc(F)cc2)c1[N+](=O)[O-]. The molecular formula is C14H17FN4O4. The Kier molecular flexibility index (Phi) is 5.12. The van der Waals surface area contributed by atoms with Crippen LogP contribution in [-0.4, -0.2) is 39.1 Å². The van der Waals surface area contributed by atoms with E-state index >= 15 is 0 Å². The number of hydrogen-bond acceptors (Lipinski definition) is 6. The number of aliphatic hydroxyl groups is 1. The summed E-state index contributed by atoms with van der Waals surface area (Å²) in [4.78, 5) is 10.5. The van der Waals surface area contributed by atoms with E-state index in [4.69, 9.17) is 4.74 Å². The Morgan fingerprint density at radius 2 is 2.13 bits per heavy atom. The summed E-state index contributed by atoms with van der Waals surface area (Å²) >= 11 is 0. The summed E-state index contributed by atoms with van der Waals surface area (Å²) in [6.07, 6.45) is -0.908. The van der Waals surface area contributed by atoms with E-state index in [0.29, 0.717) is 5.75 Å². The largest absolute Gasteiger partial charge is 0.491 e. The van der Waals surface area contributed by atoms with Gasteiger partial charge in [0.25, 0.3) is 0 Å². The van der Waals surface area contributed by atoms with E-state index in [1.807, 2.05) is 0 Å². The number of nitro groups is 1. The molecule has 1 aromatic carbocycles. The van der Waals surface area contributed by atoms with Gasteiger partial charge < -0.3 is 15.2 Å². The van der Waals surface area contributed by atoms with E-state index in [1.165, 1.54) is 35.9 Å². The lowest BCUT2D eigenvalue weighted by molar-refractivity contribution is -0.384. The molecule has 0 bridgehead atoms. The number of ether oxygens (including phenoxy) is 1. The van der Waals surface area contributed by atoms with Gasteiger partial charge in [-0.2, -0.15) is 5.10 Å². The normalized spacial score (nSPS) is 12.0.